The molecule has 134 valence electrons. The van der Waals surface area contributed by atoms with Gasteiger partial charge in [0.25, 0.3) is 11.5 Å². The quantitative estimate of drug-likeness (QED) is 0.713. The van der Waals surface area contributed by atoms with Gasteiger partial charge in [-0.3, -0.25) is 9.59 Å². The molecule has 26 heavy (non-hydrogen) atoms. The normalized spacial score (nSPS) is 11.0. The number of pyridine rings is 1. The molecule has 0 atom stereocenters. The fourth-order valence-corrected chi connectivity index (χ4v) is 2.92. The van der Waals surface area contributed by atoms with Gasteiger partial charge in [-0.2, -0.15) is 0 Å². The number of benzene rings is 2. The number of carbonyl (C=O) groups is 1. The summed E-state index contributed by atoms with van der Waals surface area (Å²) in [5.41, 5.74) is -0.788. The number of hydrogen-bond donors (Lipinski definition) is 2. The number of anilines is 1. The van der Waals surface area contributed by atoms with Crippen LogP contribution in [0.4, 0.5) is 14.5 Å². The maximum absolute atomic E-state index is 13.9. The molecule has 0 fully saturated rings. The Kier molecular flexibility index (Phi) is 4.41. The molecule has 2 aromatic carbocycles. The zero-order chi connectivity index (χ0) is 19.2. The summed E-state index contributed by atoms with van der Waals surface area (Å²) in [5, 5.41) is 10.8. The summed E-state index contributed by atoms with van der Waals surface area (Å²) in [6, 6.07) is 5.86. The van der Waals surface area contributed by atoms with E-state index in [1.165, 1.54) is 7.05 Å². The van der Waals surface area contributed by atoms with Crippen molar-refractivity contribution in [3.8, 4) is 5.75 Å². The summed E-state index contributed by atoms with van der Waals surface area (Å²) in [4.78, 5) is 28.3. The Balaban J connectivity index is 2.19. The topological polar surface area (TPSA) is 73.4 Å². The van der Waals surface area contributed by atoms with Gasteiger partial charge >= 0.3 is 0 Å². The van der Waals surface area contributed by atoms with E-state index in [4.69, 9.17) is 11.6 Å². The third kappa shape index (κ3) is 2.80. The summed E-state index contributed by atoms with van der Waals surface area (Å²) >= 11 is 6.19. The van der Waals surface area contributed by atoms with Crippen LogP contribution in [0.15, 0.2) is 35.1 Å². The molecule has 5 nitrogen and oxygen atoms in total. The van der Waals surface area contributed by atoms with E-state index in [-0.39, 0.29) is 21.6 Å². The van der Waals surface area contributed by atoms with Gasteiger partial charge in [-0.25, -0.2) is 8.78 Å². The van der Waals surface area contributed by atoms with Crippen LogP contribution in [-0.4, -0.2) is 23.0 Å². The van der Waals surface area contributed by atoms with Crippen molar-refractivity contribution in [1.29, 1.82) is 0 Å². The van der Waals surface area contributed by atoms with Crippen molar-refractivity contribution < 1.29 is 18.7 Å². The number of amides is 1. The Morgan fingerprint density at radius 1 is 1.23 bits per heavy atom. The van der Waals surface area contributed by atoms with E-state index in [0.717, 1.165) is 17.0 Å². The Morgan fingerprint density at radius 3 is 2.58 bits per heavy atom. The number of aromatic amines is 1. The number of nitrogens with one attached hydrogen (secondary N) is 1. The van der Waals surface area contributed by atoms with Gasteiger partial charge in [0.1, 0.15) is 22.9 Å². The first kappa shape index (κ1) is 17.9. The first-order chi connectivity index (χ1) is 12.2. The molecule has 0 saturated carbocycles. The number of carbonyl (C=O) groups excluding carboxylic acids is 1. The highest BCUT2D eigenvalue weighted by atomic mass is 35.5. The molecule has 0 spiro atoms. The Hall–Kier alpha value is -2.93. The molecule has 0 aliphatic heterocycles. The van der Waals surface area contributed by atoms with Crippen molar-refractivity contribution >= 4 is 34.1 Å². The lowest BCUT2D eigenvalue weighted by Crippen LogP contribution is -2.32. The van der Waals surface area contributed by atoms with E-state index in [1.54, 1.807) is 19.1 Å². The van der Waals surface area contributed by atoms with Crippen molar-refractivity contribution in [3.05, 3.63) is 68.5 Å². The minimum absolute atomic E-state index is 0.114. The predicted octanol–water partition coefficient (Wildman–Crippen LogP) is 3.75. The standard InChI is InChI=1S/C18H13ClF2N2O3/c1-8-3-5-11-13(15(8)19)16(24)14(17(25)22-11)18(26)23(2)12-6-4-9(20)7-10(12)21/h3-7H,1-2H3,(H2,22,24,25). The van der Waals surface area contributed by atoms with Crippen LogP contribution in [0.1, 0.15) is 15.9 Å². The van der Waals surface area contributed by atoms with Crippen LogP contribution in [0.3, 0.4) is 0 Å². The smallest absolute Gasteiger partial charge is 0.267 e. The highest BCUT2D eigenvalue weighted by molar-refractivity contribution is 6.37. The second kappa shape index (κ2) is 6.42. The third-order valence-corrected chi connectivity index (χ3v) is 4.56. The van der Waals surface area contributed by atoms with Crippen LogP contribution in [0.25, 0.3) is 10.9 Å². The van der Waals surface area contributed by atoms with Crippen LogP contribution in [0.2, 0.25) is 5.02 Å². The van der Waals surface area contributed by atoms with Gasteiger partial charge < -0.3 is 15.0 Å². The van der Waals surface area contributed by atoms with Crippen LogP contribution in [0.5, 0.6) is 5.75 Å². The fourth-order valence-electron chi connectivity index (χ4n) is 2.66. The van der Waals surface area contributed by atoms with E-state index >= 15 is 0 Å². The summed E-state index contributed by atoms with van der Waals surface area (Å²) < 4.78 is 27.0. The predicted molar refractivity (Wildman–Crippen MR) is 95.1 cm³/mol. The second-order valence-corrected chi connectivity index (χ2v) is 6.13. The average molecular weight is 379 g/mol. The number of nitrogens with zero attached hydrogens (tertiary/aromatic N) is 1. The average Bonchev–Trinajstić information content (AvgIpc) is 2.57. The number of fused-ring (bicyclic) bond motifs is 1. The van der Waals surface area contributed by atoms with Crippen molar-refractivity contribution in [2.45, 2.75) is 6.92 Å². The third-order valence-electron chi connectivity index (χ3n) is 4.07. The van der Waals surface area contributed by atoms with Gasteiger partial charge in [-0.05, 0) is 30.7 Å². The molecule has 0 aliphatic rings. The van der Waals surface area contributed by atoms with Gasteiger partial charge in [-0.1, -0.05) is 17.7 Å². The first-order valence-electron chi connectivity index (χ1n) is 7.49. The molecule has 0 saturated heterocycles. The second-order valence-electron chi connectivity index (χ2n) is 5.76. The Labute approximate surface area is 151 Å². The molecule has 2 N–H and O–H groups in total. The molecular weight excluding hydrogens is 366 g/mol. The number of rotatable bonds is 2. The highest BCUT2D eigenvalue weighted by Crippen LogP contribution is 2.34. The van der Waals surface area contributed by atoms with Crippen molar-refractivity contribution in [3.63, 3.8) is 0 Å². The molecule has 0 aliphatic carbocycles. The van der Waals surface area contributed by atoms with Crippen molar-refractivity contribution in [2.24, 2.45) is 0 Å². The van der Waals surface area contributed by atoms with Crippen LogP contribution < -0.4 is 10.5 Å². The Bertz CT molecular complexity index is 1110. The number of aromatic hydroxyl groups is 1. The van der Waals surface area contributed by atoms with E-state index in [9.17, 15) is 23.5 Å². The van der Waals surface area contributed by atoms with E-state index < -0.39 is 34.4 Å². The van der Waals surface area contributed by atoms with Crippen LogP contribution in [-0.2, 0) is 0 Å². The molecule has 3 rings (SSSR count). The molecule has 1 aromatic heterocycles. The molecule has 0 radical (unpaired) electrons. The monoisotopic (exact) mass is 378 g/mol. The summed E-state index contributed by atoms with van der Waals surface area (Å²) in [7, 11) is 1.21. The summed E-state index contributed by atoms with van der Waals surface area (Å²) in [5.74, 6) is -3.35. The molecule has 0 unspecified atom stereocenters. The van der Waals surface area contributed by atoms with E-state index in [0.29, 0.717) is 11.6 Å². The van der Waals surface area contributed by atoms with Gasteiger partial charge in [0.2, 0.25) is 0 Å². The summed E-state index contributed by atoms with van der Waals surface area (Å²) in [6.45, 7) is 1.70. The van der Waals surface area contributed by atoms with Gasteiger partial charge in [-0.15, -0.1) is 0 Å². The number of aryl methyl sites for hydroxylation is 1. The molecule has 3 aromatic rings. The maximum Gasteiger partial charge on any atom is 0.267 e. The lowest BCUT2D eigenvalue weighted by molar-refractivity contribution is 0.0988. The molecule has 1 amide bonds. The van der Waals surface area contributed by atoms with Gasteiger partial charge in [0.15, 0.2) is 0 Å². The summed E-state index contributed by atoms with van der Waals surface area (Å²) in [6.07, 6.45) is 0. The number of halogens is 3. The minimum Gasteiger partial charge on any atom is -0.506 e. The van der Waals surface area contributed by atoms with Crippen LogP contribution in [0, 0.1) is 18.6 Å². The molecular formula is C18H13ClF2N2O3. The van der Waals surface area contributed by atoms with Gasteiger partial charge in [0, 0.05) is 13.1 Å². The molecule has 1 heterocycles. The maximum atomic E-state index is 13.9. The minimum atomic E-state index is -0.980. The molecule has 8 heteroatoms. The lowest BCUT2D eigenvalue weighted by atomic mass is 10.1. The zero-order valence-corrected chi connectivity index (χ0v) is 14.5. The number of hydrogen-bond acceptors (Lipinski definition) is 3. The number of aromatic nitrogens is 1. The zero-order valence-electron chi connectivity index (χ0n) is 13.7. The fraction of sp³-hybridized carbons (Fsp3) is 0.111. The SMILES string of the molecule is Cc1ccc2[nH]c(=O)c(C(=O)N(C)c3ccc(F)cc3F)c(O)c2c1Cl. The Morgan fingerprint density at radius 2 is 1.92 bits per heavy atom. The van der Waals surface area contributed by atoms with E-state index in [1.807, 2.05) is 0 Å². The van der Waals surface area contributed by atoms with Crippen molar-refractivity contribution in [2.75, 3.05) is 11.9 Å². The van der Waals surface area contributed by atoms with Gasteiger partial charge in [0.05, 0.1) is 21.6 Å². The van der Waals surface area contributed by atoms with Crippen LogP contribution >= 0.6 is 11.6 Å². The highest BCUT2D eigenvalue weighted by Gasteiger charge is 2.26. The van der Waals surface area contributed by atoms with Crippen molar-refractivity contribution in [1.82, 2.24) is 4.98 Å². The number of H-pyrrole nitrogens is 1. The largest absolute Gasteiger partial charge is 0.506 e. The first-order valence-corrected chi connectivity index (χ1v) is 7.87. The molecule has 0 bridgehead atoms. The lowest BCUT2D eigenvalue weighted by Gasteiger charge is -2.19. The van der Waals surface area contributed by atoms with E-state index in [2.05, 4.69) is 4.98 Å².